The van der Waals surface area contributed by atoms with Gasteiger partial charge in [0.1, 0.15) is 0 Å². The predicted octanol–water partition coefficient (Wildman–Crippen LogP) is 1.61. The molecule has 1 aromatic rings. The zero-order chi connectivity index (χ0) is 14.1. The number of nitrogens with zero attached hydrogens (tertiary/aromatic N) is 1. The van der Waals surface area contributed by atoms with Crippen LogP contribution in [0.25, 0.3) is 0 Å². The van der Waals surface area contributed by atoms with Crippen LogP contribution >= 0.6 is 11.3 Å². The molecular formula is C12H18N2O4S. The van der Waals surface area contributed by atoms with Gasteiger partial charge >= 0.3 is 5.97 Å². The zero-order valence-corrected chi connectivity index (χ0v) is 11.9. The van der Waals surface area contributed by atoms with E-state index in [-0.39, 0.29) is 11.9 Å². The zero-order valence-electron chi connectivity index (χ0n) is 11.1. The second kappa shape index (κ2) is 8.60. The number of anilines is 1. The molecule has 0 radical (unpaired) electrons. The highest BCUT2D eigenvalue weighted by molar-refractivity contribution is 7.13. The highest BCUT2D eigenvalue weighted by Gasteiger charge is 2.07. The van der Waals surface area contributed by atoms with E-state index in [1.54, 1.807) is 7.11 Å². The Morgan fingerprint density at radius 2 is 2.16 bits per heavy atom. The van der Waals surface area contributed by atoms with Crippen molar-refractivity contribution in [2.45, 2.75) is 25.7 Å². The van der Waals surface area contributed by atoms with E-state index >= 15 is 0 Å². The van der Waals surface area contributed by atoms with Crippen molar-refractivity contribution in [2.75, 3.05) is 26.1 Å². The van der Waals surface area contributed by atoms with E-state index < -0.39 is 0 Å². The largest absolute Gasteiger partial charge is 0.469 e. The molecule has 0 aromatic carbocycles. The van der Waals surface area contributed by atoms with Crippen LogP contribution in [0.15, 0.2) is 5.38 Å². The van der Waals surface area contributed by atoms with Gasteiger partial charge in [0.2, 0.25) is 5.91 Å². The monoisotopic (exact) mass is 286 g/mol. The minimum atomic E-state index is -0.219. The van der Waals surface area contributed by atoms with Gasteiger partial charge in [-0.1, -0.05) is 0 Å². The van der Waals surface area contributed by atoms with Crippen molar-refractivity contribution < 1.29 is 19.1 Å². The number of hydrogen-bond donors (Lipinski definition) is 1. The first-order valence-electron chi connectivity index (χ1n) is 5.95. The third-order valence-electron chi connectivity index (χ3n) is 2.37. The number of aryl methyl sites for hydroxylation is 1. The number of carbonyl (C=O) groups is 2. The smallest absolute Gasteiger partial charge is 0.305 e. The highest BCUT2D eigenvalue weighted by Crippen LogP contribution is 2.17. The number of aromatic nitrogens is 1. The summed E-state index contributed by atoms with van der Waals surface area (Å²) in [6, 6.07) is 0. The second-order valence-electron chi connectivity index (χ2n) is 3.86. The Labute approximate surface area is 116 Å². The molecule has 0 unspecified atom stereocenters. The Bertz CT molecular complexity index is 420. The van der Waals surface area contributed by atoms with Crippen LogP contribution < -0.4 is 5.32 Å². The fraction of sp³-hybridized carbons (Fsp3) is 0.583. The molecule has 0 saturated heterocycles. The number of carbonyl (C=O) groups excluding carboxylic acids is 2. The maximum absolute atomic E-state index is 11.4. The lowest BCUT2D eigenvalue weighted by atomic mass is 10.2. The van der Waals surface area contributed by atoms with E-state index in [0.717, 1.165) is 5.69 Å². The van der Waals surface area contributed by atoms with E-state index in [4.69, 9.17) is 4.74 Å². The van der Waals surface area contributed by atoms with Gasteiger partial charge in [-0.15, -0.1) is 11.3 Å². The third-order valence-corrected chi connectivity index (χ3v) is 3.18. The fourth-order valence-corrected chi connectivity index (χ4v) is 2.13. The summed E-state index contributed by atoms with van der Waals surface area (Å²) in [6.07, 6.45) is 2.07. The number of hydrogen-bond acceptors (Lipinski definition) is 6. The van der Waals surface area contributed by atoms with Gasteiger partial charge in [-0.25, -0.2) is 4.98 Å². The molecule has 7 heteroatoms. The standard InChI is InChI=1S/C12H18N2O4S/c1-17-7-6-10(15)14-12-13-9(8-19-12)4-3-5-11(16)18-2/h8H,3-7H2,1-2H3,(H,13,14,15). The average Bonchev–Trinajstić information content (AvgIpc) is 2.83. The number of rotatable bonds is 8. The summed E-state index contributed by atoms with van der Waals surface area (Å²) in [5.41, 5.74) is 0.871. The molecule has 0 atom stereocenters. The molecule has 0 aliphatic rings. The van der Waals surface area contributed by atoms with E-state index in [1.807, 2.05) is 5.38 Å². The molecule has 0 aliphatic heterocycles. The number of methoxy groups -OCH3 is 2. The molecule has 106 valence electrons. The Hall–Kier alpha value is -1.47. The van der Waals surface area contributed by atoms with E-state index in [9.17, 15) is 9.59 Å². The van der Waals surface area contributed by atoms with Crippen LogP contribution in [0.3, 0.4) is 0 Å². The second-order valence-corrected chi connectivity index (χ2v) is 4.72. The molecule has 19 heavy (non-hydrogen) atoms. The van der Waals surface area contributed by atoms with Crippen LogP contribution in [-0.4, -0.2) is 37.7 Å². The van der Waals surface area contributed by atoms with Crippen molar-refractivity contribution in [1.29, 1.82) is 0 Å². The van der Waals surface area contributed by atoms with Gasteiger partial charge in [0.05, 0.1) is 25.8 Å². The lowest BCUT2D eigenvalue weighted by Crippen LogP contribution is -2.13. The first-order chi connectivity index (χ1) is 9.15. The SMILES string of the molecule is COCCC(=O)Nc1nc(CCCC(=O)OC)cs1. The summed E-state index contributed by atoms with van der Waals surface area (Å²) in [5.74, 6) is -0.333. The van der Waals surface area contributed by atoms with E-state index in [0.29, 0.717) is 37.4 Å². The Morgan fingerprint density at radius 1 is 1.37 bits per heavy atom. The number of ether oxygens (including phenoxy) is 2. The van der Waals surface area contributed by atoms with Crippen LogP contribution in [0, 0.1) is 0 Å². The van der Waals surface area contributed by atoms with Crippen molar-refractivity contribution in [2.24, 2.45) is 0 Å². The van der Waals surface area contributed by atoms with Crippen molar-refractivity contribution in [1.82, 2.24) is 4.98 Å². The molecule has 0 saturated carbocycles. The Morgan fingerprint density at radius 3 is 2.84 bits per heavy atom. The topological polar surface area (TPSA) is 77.5 Å². The summed E-state index contributed by atoms with van der Waals surface area (Å²) in [7, 11) is 2.93. The van der Waals surface area contributed by atoms with Crippen molar-refractivity contribution in [3.8, 4) is 0 Å². The van der Waals surface area contributed by atoms with E-state index in [1.165, 1.54) is 18.4 Å². The Balaban J connectivity index is 2.31. The molecule has 1 rings (SSSR count). The van der Waals surface area contributed by atoms with Crippen LogP contribution in [0.5, 0.6) is 0 Å². The van der Waals surface area contributed by atoms with Crippen LogP contribution in [-0.2, 0) is 25.5 Å². The summed E-state index contributed by atoms with van der Waals surface area (Å²) in [6.45, 7) is 0.392. The molecule has 1 heterocycles. The first-order valence-corrected chi connectivity index (χ1v) is 6.83. The molecule has 1 amide bonds. The lowest BCUT2D eigenvalue weighted by Gasteiger charge is -2.00. The lowest BCUT2D eigenvalue weighted by molar-refractivity contribution is -0.140. The van der Waals surface area contributed by atoms with Crippen LogP contribution in [0.2, 0.25) is 0 Å². The summed E-state index contributed by atoms with van der Waals surface area (Å²) in [4.78, 5) is 26.7. The van der Waals surface area contributed by atoms with Gasteiger partial charge in [0, 0.05) is 18.9 Å². The number of esters is 1. The van der Waals surface area contributed by atoms with Gasteiger partial charge < -0.3 is 14.8 Å². The minimum Gasteiger partial charge on any atom is -0.469 e. The number of amides is 1. The minimum absolute atomic E-state index is 0.114. The maximum Gasteiger partial charge on any atom is 0.305 e. The quantitative estimate of drug-likeness (QED) is 0.735. The summed E-state index contributed by atoms with van der Waals surface area (Å²) < 4.78 is 9.38. The molecule has 0 fully saturated rings. The molecule has 0 bridgehead atoms. The third kappa shape index (κ3) is 6.30. The molecule has 1 aromatic heterocycles. The normalized spacial score (nSPS) is 10.2. The molecular weight excluding hydrogens is 268 g/mol. The first kappa shape index (κ1) is 15.6. The van der Waals surface area contributed by atoms with Crippen molar-refractivity contribution >= 4 is 28.3 Å². The van der Waals surface area contributed by atoms with Crippen LogP contribution in [0.1, 0.15) is 25.0 Å². The maximum atomic E-state index is 11.4. The highest BCUT2D eigenvalue weighted by atomic mass is 32.1. The molecule has 6 nitrogen and oxygen atoms in total. The average molecular weight is 286 g/mol. The van der Waals surface area contributed by atoms with E-state index in [2.05, 4.69) is 15.0 Å². The fourth-order valence-electron chi connectivity index (χ4n) is 1.37. The van der Waals surface area contributed by atoms with Gasteiger partial charge in [-0.3, -0.25) is 9.59 Å². The Kier molecular flexibility index (Phi) is 7.06. The predicted molar refractivity (Wildman–Crippen MR) is 72.2 cm³/mol. The van der Waals surface area contributed by atoms with Gasteiger partial charge in [0.15, 0.2) is 5.13 Å². The van der Waals surface area contributed by atoms with Gasteiger partial charge in [-0.05, 0) is 12.8 Å². The summed E-state index contributed by atoms with van der Waals surface area (Å²) in [5, 5.41) is 5.16. The molecule has 0 spiro atoms. The van der Waals surface area contributed by atoms with Gasteiger partial charge in [-0.2, -0.15) is 0 Å². The summed E-state index contributed by atoms with van der Waals surface area (Å²) >= 11 is 1.38. The number of nitrogens with one attached hydrogen (secondary N) is 1. The molecule has 0 aliphatic carbocycles. The van der Waals surface area contributed by atoms with Crippen molar-refractivity contribution in [3.05, 3.63) is 11.1 Å². The number of thiazole rings is 1. The molecule has 1 N–H and O–H groups in total. The van der Waals surface area contributed by atoms with Crippen LogP contribution in [0.4, 0.5) is 5.13 Å². The van der Waals surface area contributed by atoms with Crippen molar-refractivity contribution in [3.63, 3.8) is 0 Å². The van der Waals surface area contributed by atoms with Gasteiger partial charge in [0.25, 0.3) is 0 Å².